The first kappa shape index (κ1) is 23.1. The number of aromatic nitrogens is 5. The fourth-order valence-corrected chi connectivity index (χ4v) is 4.20. The molecule has 0 aliphatic carbocycles. The zero-order valence-electron chi connectivity index (χ0n) is 18.6. The van der Waals surface area contributed by atoms with Crippen molar-refractivity contribution >= 4 is 40.3 Å². The van der Waals surface area contributed by atoms with E-state index in [2.05, 4.69) is 27.4 Å². The lowest BCUT2D eigenvalue weighted by Crippen LogP contribution is -2.24. The van der Waals surface area contributed by atoms with E-state index in [-0.39, 0.29) is 35.6 Å². The van der Waals surface area contributed by atoms with Gasteiger partial charge < -0.3 is 19.6 Å². The number of imidazole rings is 1. The number of hydrogen-bond donors (Lipinski definition) is 2. The molecule has 0 atom stereocenters. The minimum Gasteiger partial charge on any atom is -0.459 e. The Labute approximate surface area is 198 Å². The van der Waals surface area contributed by atoms with Gasteiger partial charge in [0.2, 0.25) is 5.91 Å². The minimum atomic E-state index is -0.361. The lowest BCUT2D eigenvalue weighted by molar-refractivity contribution is -0.113. The fraction of sp³-hybridized carbons (Fsp3) is 0.227. The van der Waals surface area contributed by atoms with Crippen molar-refractivity contribution in [3.05, 3.63) is 71.3 Å². The van der Waals surface area contributed by atoms with Crippen LogP contribution in [0.5, 0.6) is 0 Å². The maximum atomic E-state index is 12.6. The molecule has 0 aliphatic rings. The third kappa shape index (κ3) is 4.66. The first-order valence-corrected chi connectivity index (χ1v) is 11.3. The Bertz CT molecular complexity index is 1420. The van der Waals surface area contributed by atoms with Gasteiger partial charge in [-0.05, 0) is 30.3 Å². The van der Waals surface area contributed by atoms with Crippen LogP contribution in [0.25, 0.3) is 11.0 Å². The number of anilines is 1. The molecule has 0 fully saturated rings. The summed E-state index contributed by atoms with van der Waals surface area (Å²) in [5.74, 6) is 0.235. The highest BCUT2D eigenvalue weighted by atomic mass is 32.2. The molecule has 0 saturated heterocycles. The molecular weight excluding hydrogens is 458 g/mol. The molecule has 176 valence electrons. The summed E-state index contributed by atoms with van der Waals surface area (Å²) >= 11 is 1.22. The molecule has 12 heteroatoms. The number of hydrogen-bond acceptors (Lipinski definition) is 7. The Kier molecular flexibility index (Phi) is 6.68. The van der Waals surface area contributed by atoms with Crippen LogP contribution in [0.3, 0.4) is 0 Å². The van der Waals surface area contributed by atoms with E-state index >= 15 is 0 Å². The quantitative estimate of drug-likeness (QED) is 0.276. The van der Waals surface area contributed by atoms with Crippen LogP contribution in [0.15, 0.2) is 63.6 Å². The number of thioether (sulfide) groups is 1. The van der Waals surface area contributed by atoms with Gasteiger partial charge in [-0.2, -0.15) is 0 Å². The number of rotatable bonds is 9. The summed E-state index contributed by atoms with van der Waals surface area (Å²) in [6, 6.07) is 8.51. The van der Waals surface area contributed by atoms with Crippen molar-refractivity contribution in [3.63, 3.8) is 0 Å². The van der Waals surface area contributed by atoms with Crippen molar-refractivity contribution in [2.75, 3.05) is 11.1 Å². The molecule has 1 aromatic carbocycles. The number of nitrogens with zero attached hydrogens (tertiary/aromatic N) is 5. The molecule has 0 unspecified atom stereocenters. The van der Waals surface area contributed by atoms with Crippen LogP contribution in [0, 0.1) is 0 Å². The molecule has 0 aliphatic heterocycles. The highest BCUT2D eigenvalue weighted by molar-refractivity contribution is 7.99. The van der Waals surface area contributed by atoms with Crippen LogP contribution in [-0.2, 0) is 32.0 Å². The fourth-order valence-electron chi connectivity index (χ4n) is 3.43. The van der Waals surface area contributed by atoms with Crippen molar-refractivity contribution in [1.29, 1.82) is 0 Å². The lowest BCUT2D eigenvalue weighted by Gasteiger charge is -2.09. The Balaban J connectivity index is 1.39. The summed E-state index contributed by atoms with van der Waals surface area (Å²) < 4.78 is 9.94. The Hall–Kier alpha value is -4.06. The summed E-state index contributed by atoms with van der Waals surface area (Å²) in [5, 5.41) is 14.4. The largest absolute Gasteiger partial charge is 0.459 e. The van der Waals surface area contributed by atoms with Gasteiger partial charge in [0.25, 0.3) is 5.91 Å². The summed E-state index contributed by atoms with van der Waals surface area (Å²) in [7, 11) is 3.39. The van der Waals surface area contributed by atoms with Crippen LogP contribution >= 0.6 is 11.8 Å². The second kappa shape index (κ2) is 9.83. The number of aryl methyl sites for hydroxylation is 2. The second-order valence-electron chi connectivity index (χ2n) is 7.40. The van der Waals surface area contributed by atoms with E-state index in [0.717, 1.165) is 11.0 Å². The third-order valence-corrected chi connectivity index (χ3v) is 6.11. The van der Waals surface area contributed by atoms with Gasteiger partial charge in [-0.1, -0.05) is 17.8 Å². The van der Waals surface area contributed by atoms with Crippen LogP contribution < -0.4 is 16.3 Å². The molecule has 3 aromatic heterocycles. The average molecular weight is 482 g/mol. The van der Waals surface area contributed by atoms with Gasteiger partial charge in [0.1, 0.15) is 0 Å². The molecule has 4 aromatic rings. The number of benzene rings is 1. The number of carbonyl (C=O) groups excluding carboxylic acids is 2. The summed E-state index contributed by atoms with van der Waals surface area (Å²) in [6.45, 7) is 4.31. The van der Waals surface area contributed by atoms with E-state index < -0.39 is 0 Å². The Morgan fingerprint density at radius 1 is 1.18 bits per heavy atom. The van der Waals surface area contributed by atoms with E-state index in [1.165, 1.54) is 22.6 Å². The van der Waals surface area contributed by atoms with E-state index in [1.807, 2.05) is 0 Å². The maximum absolute atomic E-state index is 12.6. The highest BCUT2D eigenvalue weighted by Crippen LogP contribution is 2.20. The number of allylic oxidation sites excluding steroid dienone is 1. The van der Waals surface area contributed by atoms with E-state index in [9.17, 15) is 14.4 Å². The number of furan rings is 1. The van der Waals surface area contributed by atoms with Crippen LogP contribution in [0.2, 0.25) is 0 Å². The van der Waals surface area contributed by atoms with Gasteiger partial charge in [0.05, 0.1) is 29.6 Å². The summed E-state index contributed by atoms with van der Waals surface area (Å²) in [4.78, 5) is 36.8. The summed E-state index contributed by atoms with van der Waals surface area (Å²) in [5.41, 5.74) is 1.97. The number of nitrogens with one attached hydrogen (secondary N) is 2. The lowest BCUT2D eigenvalue weighted by atomic mass is 10.2. The number of amides is 2. The third-order valence-electron chi connectivity index (χ3n) is 5.15. The van der Waals surface area contributed by atoms with Crippen LogP contribution in [0.1, 0.15) is 16.4 Å². The Morgan fingerprint density at radius 3 is 2.71 bits per heavy atom. The maximum Gasteiger partial charge on any atom is 0.328 e. The minimum absolute atomic E-state index is 0.0970. The predicted molar refractivity (Wildman–Crippen MR) is 128 cm³/mol. The number of fused-ring (bicyclic) bond motifs is 1. The number of carbonyl (C=O) groups is 2. The van der Waals surface area contributed by atoms with Crippen molar-refractivity contribution in [1.82, 2.24) is 29.2 Å². The molecule has 11 nitrogen and oxygen atoms in total. The molecule has 0 radical (unpaired) electrons. The van der Waals surface area contributed by atoms with Crippen molar-refractivity contribution in [2.24, 2.45) is 14.1 Å². The first-order chi connectivity index (χ1) is 16.4. The zero-order valence-corrected chi connectivity index (χ0v) is 19.5. The topological polar surface area (TPSA) is 129 Å². The normalized spacial score (nSPS) is 11.0. The molecule has 2 N–H and O–H groups in total. The molecular formula is C22H23N7O4S. The van der Waals surface area contributed by atoms with Crippen molar-refractivity contribution in [2.45, 2.75) is 18.2 Å². The summed E-state index contributed by atoms with van der Waals surface area (Å²) in [6.07, 6.45) is 3.11. The van der Waals surface area contributed by atoms with Gasteiger partial charge >= 0.3 is 5.69 Å². The monoisotopic (exact) mass is 481 g/mol. The van der Waals surface area contributed by atoms with E-state index in [1.54, 1.807) is 59.6 Å². The molecule has 0 saturated carbocycles. The molecule has 0 bridgehead atoms. The molecule has 2 amide bonds. The van der Waals surface area contributed by atoms with Gasteiger partial charge in [-0.15, -0.1) is 16.8 Å². The molecule has 4 rings (SSSR count). The van der Waals surface area contributed by atoms with Gasteiger partial charge in [-0.25, -0.2) is 4.79 Å². The standard InChI is InChI=1S/C22H23N7O4S/c1-4-9-29-18(12-23-20(31)17-6-5-10-33-17)25-26-21(29)34-13-19(30)24-14-7-8-15-16(11-14)28(3)22(32)27(15)2/h4-8,10-11H,1,9,12-13H2,2-3H3,(H,23,31)(H,24,30). The predicted octanol–water partition coefficient (Wildman–Crippen LogP) is 1.91. The highest BCUT2D eigenvalue weighted by Gasteiger charge is 2.16. The molecule has 34 heavy (non-hydrogen) atoms. The average Bonchev–Trinajstić information content (AvgIpc) is 3.54. The second-order valence-corrected chi connectivity index (χ2v) is 8.34. The zero-order chi connectivity index (χ0) is 24.2. The molecule has 0 spiro atoms. The smallest absolute Gasteiger partial charge is 0.328 e. The van der Waals surface area contributed by atoms with Gasteiger partial charge in [0.15, 0.2) is 16.7 Å². The molecule has 3 heterocycles. The van der Waals surface area contributed by atoms with Gasteiger partial charge in [0, 0.05) is 26.3 Å². The van der Waals surface area contributed by atoms with E-state index in [4.69, 9.17) is 4.42 Å². The Morgan fingerprint density at radius 2 is 1.97 bits per heavy atom. The van der Waals surface area contributed by atoms with E-state index in [0.29, 0.717) is 23.2 Å². The van der Waals surface area contributed by atoms with Crippen molar-refractivity contribution in [3.8, 4) is 0 Å². The van der Waals surface area contributed by atoms with Crippen LogP contribution in [-0.4, -0.2) is 41.5 Å². The first-order valence-electron chi connectivity index (χ1n) is 10.3. The SMILES string of the molecule is C=CCn1c(CNC(=O)c2ccco2)nnc1SCC(=O)Nc1ccc2c(c1)n(C)c(=O)n2C. The van der Waals surface area contributed by atoms with Crippen molar-refractivity contribution < 1.29 is 14.0 Å². The van der Waals surface area contributed by atoms with Crippen LogP contribution in [0.4, 0.5) is 5.69 Å². The van der Waals surface area contributed by atoms with Gasteiger partial charge in [-0.3, -0.25) is 18.7 Å².